The van der Waals surface area contributed by atoms with Crippen LogP contribution < -0.4 is 5.32 Å². The van der Waals surface area contributed by atoms with Crippen molar-refractivity contribution in [3.8, 4) is 0 Å². The quantitative estimate of drug-likeness (QED) is 0.551. The lowest BCUT2D eigenvalue weighted by Gasteiger charge is -2.24. The van der Waals surface area contributed by atoms with Gasteiger partial charge in [0, 0.05) is 0 Å². The van der Waals surface area contributed by atoms with Gasteiger partial charge in [0.1, 0.15) is 12.1 Å². The fourth-order valence-electron chi connectivity index (χ4n) is 3.82. The van der Waals surface area contributed by atoms with Crippen molar-refractivity contribution in [2.24, 2.45) is 23.7 Å². The number of aliphatic carboxylic acids is 1. The third-order valence-corrected chi connectivity index (χ3v) is 5.00. The first kappa shape index (κ1) is 14.7. The third-order valence-electron chi connectivity index (χ3n) is 5.00. The molecule has 1 aliphatic heterocycles. The number of imide groups is 1. The molecule has 1 saturated carbocycles. The molecule has 2 aliphatic carbocycles. The number of likely N-dealkylation sites (tertiary alicyclic amines) is 1. The predicted octanol–water partition coefficient (Wildman–Crippen LogP) is -0.229. The van der Waals surface area contributed by atoms with Crippen LogP contribution in [0.3, 0.4) is 0 Å². The van der Waals surface area contributed by atoms with E-state index in [4.69, 9.17) is 5.11 Å². The van der Waals surface area contributed by atoms with Crippen LogP contribution in [0.1, 0.15) is 20.3 Å². The SMILES string of the molecule is CC(NC(=O)C(C)N1C(=O)C2C3C=CC(C3)C2C1=O)C(=O)O. The van der Waals surface area contributed by atoms with Gasteiger partial charge in [0.15, 0.2) is 0 Å². The van der Waals surface area contributed by atoms with Gasteiger partial charge in [0.2, 0.25) is 17.7 Å². The van der Waals surface area contributed by atoms with Crippen LogP contribution in [0.25, 0.3) is 0 Å². The van der Waals surface area contributed by atoms with Gasteiger partial charge >= 0.3 is 5.97 Å². The first-order valence-electron chi connectivity index (χ1n) is 7.41. The zero-order valence-corrected chi connectivity index (χ0v) is 12.4. The molecule has 2 N–H and O–H groups in total. The molecular weight excluding hydrogens is 288 g/mol. The maximum absolute atomic E-state index is 12.5. The van der Waals surface area contributed by atoms with Gasteiger partial charge in [-0.3, -0.25) is 24.1 Å². The molecule has 1 heterocycles. The van der Waals surface area contributed by atoms with E-state index in [1.54, 1.807) is 0 Å². The molecule has 3 rings (SSSR count). The number of nitrogens with one attached hydrogen (secondary N) is 1. The van der Waals surface area contributed by atoms with Gasteiger partial charge in [-0.15, -0.1) is 0 Å². The molecule has 7 nitrogen and oxygen atoms in total. The Morgan fingerprint density at radius 3 is 2.14 bits per heavy atom. The summed E-state index contributed by atoms with van der Waals surface area (Å²) in [5, 5.41) is 11.1. The summed E-state index contributed by atoms with van der Waals surface area (Å²) in [7, 11) is 0. The van der Waals surface area contributed by atoms with E-state index in [2.05, 4.69) is 5.32 Å². The maximum Gasteiger partial charge on any atom is 0.325 e. The normalized spacial score (nSPS) is 34.7. The second kappa shape index (κ2) is 4.93. The number of carbonyl (C=O) groups is 4. The van der Waals surface area contributed by atoms with Gasteiger partial charge in [-0.25, -0.2) is 0 Å². The van der Waals surface area contributed by atoms with Crippen LogP contribution in [0, 0.1) is 23.7 Å². The summed E-state index contributed by atoms with van der Waals surface area (Å²) in [5.41, 5.74) is 0. The highest BCUT2D eigenvalue weighted by Crippen LogP contribution is 2.52. The summed E-state index contributed by atoms with van der Waals surface area (Å²) in [6, 6.07) is -2.06. The molecule has 0 spiro atoms. The van der Waals surface area contributed by atoms with Crippen LogP contribution in [-0.4, -0.2) is 45.8 Å². The Morgan fingerprint density at radius 1 is 1.18 bits per heavy atom. The summed E-state index contributed by atoms with van der Waals surface area (Å²) in [4.78, 5) is 49.0. The Labute approximate surface area is 127 Å². The van der Waals surface area contributed by atoms with Gasteiger partial charge in [0.05, 0.1) is 11.8 Å². The summed E-state index contributed by atoms with van der Waals surface area (Å²) in [6.45, 7) is 2.79. The average molecular weight is 306 g/mol. The van der Waals surface area contributed by atoms with Crippen molar-refractivity contribution in [2.45, 2.75) is 32.4 Å². The zero-order chi connectivity index (χ0) is 16.2. The molecule has 2 fully saturated rings. The van der Waals surface area contributed by atoms with Crippen LogP contribution in [0.4, 0.5) is 0 Å². The smallest absolute Gasteiger partial charge is 0.325 e. The number of hydrogen-bond acceptors (Lipinski definition) is 4. The highest BCUT2D eigenvalue weighted by molar-refractivity contribution is 6.09. The first-order chi connectivity index (χ1) is 10.3. The summed E-state index contributed by atoms with van der Waals surface area (Å²) in [5.74, 6) is -2.94. The van der Waals surface area contributed by atoms with Crippen molar-refractivity contribution in [1.82, 2.24) is 10.2 Å². The number of nitrogens with zero attached hydrogens (tertiary/aromatic N) is 1. The molecule has 22 heavy (non-hydrogen) atoms. The number of carboxylic acids is 1. The molecular formula is C15H18N2O5. The lowest BCUT2D eigenvalue weighted by atomic mass is 9.85. The topological polar surface area (TPSA) is 104 Å². The highest BCUT2D eigenvalue weighted by atomic mass is 16.4. The van der Waals surface area contributed by atoms with Crippen molar-refractivity contribution in [1.29, 1.82) is 0 Å². The summed E-state index contributed by atoms with van der Waals surface area (Å²) in [6.07, 6.45) is 4.80. The zero-order valence-electron chi connectivity index (χ0n) is 12.4. The van der Waals surface area contributed by atoms with E-state index >= 15 is 0 Å². The van der Waals surface area contributed by atoms with Crippen molar-refractivity contribution in [3.63, 3.8) is 0 Å². The Bertz CT molecular complexity index is 569. The minimum absolute atomic E-state index is 0.0876. The monoisotopic (exact) mass is 306 g/mol. The number of carbonyl (C=O) groups excluding carboxylic acids is 3. The number of fused-ring (bicyclic) bond motifs is 5. The van der Waals surface area contributed by atoms with Crippen molar-refractivity contribution < 1.29 is 24.3 Å². The Balaban J connectivity index is 1.76. The van der Waals surface area contributed by atoms with E-state index < -0.39 is 24.0 Å². The molecule has 0 radical (unpaired) electrons. The van der Waals surface area contributed by atoms with Gasteiger partial charge < -0.3 is 10.4 Å². The minimum Gasteiger partial charge on any atom is -0.480 e. The molecule has 7 heteroatoms. The van der Waals surface area contributed by atoms with Crippen molar-refractivity contribution in [2.75, 3.05) is 0 Å². The fraction of sp³-hybridized carbons (Fsp3) is 0.600. The number of allylic oxidation sites excluding steroid dienone is 2. The third kappa shape index (κ3) is 1.95. The van der Waals surface area contributed by atoms with Crippen LogP contribution in [-0.2, 0) is 19.2 Å². The molecule has 3 amide bonds. The van der Waals surface area contributed by atoms with Gasteiger partial charge in [-0.2, -0.15) is 0 Å². The minimum atomic E-state index is -1.17. The van der Waals surface area contributed by atoms with E-state index in [1.807, 2.05) is 12.2 Å². The van der Waals surface area contributed by atoms with E-state index in [0.29, 0.717) is 0 Å². The van der Waals surface area contributed by atoms with E-state index in [1.165, 1.54) is 13.8 Å². The average Bonchev–Trinajstić information content (AvgIpc) is 3.12. The van der Waals surface area contributed by atoms with Crippen LogP contribution in [0.15, 0.2) is 12.2 Å². The fourth-order valence-corrected chi connectivity index (χ4v) is 3.82. The highest BCUT2D eigenvalue weighted by Gasteiger charge is 2.60. The van der Waals surface area contributed by atoms with E-state index in [0.717, 1.165) is 11.3 Å². The number of amides is 3. The lowest BCUT2D eigenvalue weighted by Crippen LogP contribution is -2.52. The van der Waals surface area contributed by atoms with Crippen molar-refractivity contribution in [3.05, 3.63) is 12.2 Å². The van der Waals surface area contributed by atoms with Gasteiger partial charge in [-0.05, 0) is 32.1 Å². The Kier molecular flexibility index (Phi) is 3.30. The second-order valence-corrected chi connectivity index (χ2v) is 6.29. The number of carboxylic acid groups (broad SMARTS) is 1. The Morgan fingerprint density at radius 2 is 1.68 bits per heavy atom. The van der Waals surface area contributed by atoms with E-state index in [-0.39, 0.29) is 35.5 Å². The second-order valence-electron chi connectivity index (χ2n) is 6.29. The number of hydrogen-bond donors (Lipinski definition) is 2. The summed E-state index contributed by atoms with van der Waals surface area (Å²) < 4.78 is 0. The first-order valence-corrected chi connectivity index (χ1v) is 7.41. The van der Waals surface area contributed by atoms with Crippen LogP contribution >= 0.6 is 0 Å². The van der Waals surface area contributed by atoms with Crippen LogP contribution in [0.5, 0.6) is 0 Å². The maximum atomic E-state index is 12.5. The van der Waals surface area contributed by atoms with Gasteiger partial charge in [0.25, 0.3) is 0 Å². The molecule has 0 aromatic rings. The molecule has 2 bridgehead atoms. The van der Waals surface area contributed by atoms with E-state index in [9.17, 15) is 19.2 Å². The van der Waals surface area contributed by atoms with Gasteiger partial charge in [-0.1, -0.05) is 12.2 Å². The molecule has 6 atom stereocenters. The Hall–Kier alpha value is -2.18. The van der Waals surface area contributed by atoms with Crippen molar-refractivity contribution >= 4 is 23.7 Å². The molecule has 0 aromatic heterocycles. The molecule has 6 unspecified atom stereocenters. The van der Waals surface area contributed by atoms with Crippen LogP contribution in [0.2, 0.25) is 0 Å². The molecule has 118 valence electrons. The summed E-state index contributed by atoms with van der Waals surface area (Å²) >= 11 is 0. The molecule has 3 aliphatic rings. The number of rotatable bonds is 4. The lowest BCUT2D eigenvalue weighted by molar-refractivity contribution is -0.148. The standard InChI is InChI=1S/C15H18N2O5/c1-6(15(21)22)16-12(18)7(2)17-13(19)10-8-3-4-9(5-8)11(10)14(17)20/h3-4,6-11H,5H2,1-2H3,(H,16,18)(H,21,22). The largest absolute Gasteiger partial charge is 0.480 e. The molecule has 1 saturated heterocycles. The molecule has 0 aromatic carbocycles. The predicted molar refractivity (Wildman–Crippen MR) is 74.3 cm³/mol.